The van der Waals surface area contributed by atoms with Crippen LogP contribution in [0.1, 0.15) is 52.9 Å². The summed E-state index contributed by atoms with van der Waals surface area (Å²) in [5, 5.41) is 10.0. The van der Waals surface area contributed by atoms with Crippen LogP contribution in [0.15, 0.2) is 35.3 Å². The second kappa shape index (κ2) is 5.47. The molecule has 0 unspecified atom stereocenters. The highest BCUT2D eigenvalue weighted by Gasteiger charge is 2.57. The number of carbonyl (C=O) groups is 1. The highest BCUT2D eigenvalue weighted by molar-refractivity contribution is 5.67. The van der Waals surface area contributed by atoms with Crippen LogP contribution in [0.5, 0.6) is 0 Å². The standard InChI is InChI=1S/C21H29NO3/c1-12(23)25-18-11-17-15-5-4-13-10-14(24)6-8-20(13,2)16(15)7-9-21(17,3)19(18)22/h4,6,8,14-17,24H,5,7,9-11,22H2,1-3H3/t14-,15+,16-,17-,20-,21-/m0/s1. The van der Waals surface area contributed by atoms with E-state index in [4.69, 9.17) is 10.5 Å². The molecule has 0 saturated heterocycles. The molecule has 0 bridgehead atoms. The molecular weight excluding hydrogens is 314 g/mol. The minimum atomic E-state index is -0.343. The van der Waals surface area contributed by atoms with Gasteiger partial charge in [0.2, 0.25) is 0 Å². The van der Waals surface area contributed by atoms with Gasteiger partial charge in [0.1, 0.15) is 5.76 Å². The molecule has 0 aromatic heterocycles. The Kier molecular flexibility index (Phi) is 3.70. The van der Waals surface area contributed by atoms with Gasteiger partial charge in [0.25, 0.3) is 0 Å². The maximum atomic E-state index is 11.5. The molecule has 4 nitrogen and oxygen atoms in total. The third kappa shape index (κ3) is 2.33. The maximum absolute atomic E-state index is 11.5. The van der Waals surface area contributed by atoms with Crippen molar-refractivity contribution in [3.63, 3.8) is 0 Å². The SMILES string of the molecule is CC(=O)OC1=C(N)[C@@]2(C)CC[C@H]3[C@@H](CC=C4C[C@@H](O)C=C[C@@]43C)[C@@H]2C1. The van der Waals surface area contributed by atoms with Crippen LogP contribution in [0, 0.1) is 28.6 Å². The molecular formula is C21H29NO3. The van der Waals surface area contributed by atoms with E-state index in [-0.39, 0.29) is 22.9 Å². The van der Waals surface area contributed by atoms with E-state index >= 15 is 0 Å². The van der Waals surface area contributed by atoms with Crippen molar-refractivity contribution >= 4 is 5.97 Å². The summed E-state index contributed by atoms with van der Waals surface area (Å²) in [5.41, 5.74) is 8.63. The fraction of sp³-hybridized carbons (Fsp3) is 0.667. The predicted molar refractivity (Wildman–Crippen MR) is 96.0 cm³/mol. The van der Waals surface area contributed by atoms with E-state index in [1.54, 1.807) is 0 Å². The van der Waals surface area contributed by atoms with Crippen molar-refractivity contribution in [3.05, 3.63) is 35.3 Å². The number of nitrogens with two attached hydrogens (primary N) is 1. The van der Waals surface area contributed by atoms with Gasteiger partial charge >= 0.3 is 5.97 Å². The third-order valence-electron chi connectivity index (χ3n) is 7.61. The molecule has 0 aromatic rings. The highest BCUT2D eigenvalue weighted by atomic mass is 16.5. The molecule has 0 aliphatic heterocycles. The van der Waals surface area contributed by atoms with E-state index < -0.39 is 0 Å². The number of aliphatic hydroxyl groups is 1. The van der Waals surface area contributed by atoms with Crippen LogP contribution in [0.2, 0.25) is 0 Å². The summed E-state index contributed by atoms with van der Waals surface area (Å²) < 4.78 is 5.46. The zero-order valence-electron chi connectivity index (χ0n) is 15.4. The van der Waals surface area contributed by atoms with Gasteiger partial charge in [-0.25, -0.2) is 0 Å². The first kappa shape index (κ1) is 16.9. The number of aliphatic hydroxyl groups excluding tert-OH is 1. The molecule has 136 valence electrons. The number of esters is 1. The number of ether oxygens (including phenoxy) is 1. The van der Waals surface area contributed by atoms with Gasteiger partial charge < -0.3 is 15.6 Å². The molecule has 0 amide bonds. The first-order chi connectivity index (χ1) is 11.8. The number of rotatable bonds is 1. The lowest BCUT2D eigenvalue weighted by atomic mass is 9.49. The molecule has 0 spiro atoms. The molecule has 0 radical (unpaired) electrons. The average molecular weight is 343 g/mol. The van der Waals surface area contributed by atoms with Crippen LogP contribution >= 0.6 is 0 Å². The summed E-state index contributed by atoms with van der Waals surface area (Å²) >= 11 is 0. The topological polar surface area (TPSA) is 72.5 Å². The number of hydrogen-bond acceptors (Lipinski definition) is 4. The monoisotopic (exact) mass is 343 g/mol. The number of allylic oxidation sites excluding steroid dienone is 4. The quantitative estimate of drug-likeness (QED) is 0.565. The summed E-state index contributed by atoms with van der Waals surface area (Å²) in [6.45, 7) is 6.03. The second-order valence-electron chi connectivity index (χ2n) is 8.85. The van der Waals surface area contributed by atoms with Crippen molar-refractivity contribution in [1.82, 2.24) is 0 Å². The van der Waals surface area contributed by atoms with Crippen LogP contribution in [-0.4, -0.2) is 17.2 Å². The van der Waals surface area contributed by atoms with E-state index in [1.807, 2.05) is 6.08 Å². The smallest absolute Gasteiger partial charge is 0.307 e. The minimum absolute atomic E-state index is 0.0441. The predicted octanol–water partition coefficient (Wildman–Crippen LogP) is 3.43. The van der Waals surface area contributed by atoms with E-state index in [1.165, 1.54) is 12.5 Å². The van der Waals surface area contributed by atoms with E-state index in [0.29, 0.717) is 23.5 Å². The molecule has 4 aliphatic carbocycles. The zero-order valence-corrected chi connectivity index (χ0v) is 15.4. The minimum Gasteiger partial charge on any atom is -0.429 e. The number of hydrogen-bond donors (Lipinski definition) is 2. The highest BCUT2D eigenvalue weighted by Crippen LogP contribution is 2.64. The van der Waals surface area contributed by atoms with Crippen LogP contribution in [0.3, 0.4) is 0 Å². The van der Waals surface area contributed by atoms with Crippen LogP contribution in [-0.2, 0) is 9.53 Å². The van der Waals surface area contributed by atoms with Gasteiger partial charge in [-0.05, 0) is 43.4 Å². The lowest BCUT2D eigenvalue weighted by Gasteiger charge is -2.55. The molecule has 4 rings (SSSR count). The lowest BCUT2D eigenvalue weighted by molar-refractivity contribution is -0.137. The van der Waals surface area contributed by atoms with Crippen molar-refractivity contribution in [2.45, 2.75) is 59.0 Å². The van der Waals surface area contributed by atoms with Gasteiger partial charge in [0.05, 0.1) is 11.8 Å². The van der Waals surface area contributed by atoms with Gasteiger partial charge in [-0.3, -0.25) is 4.79 Å². The van der Waals surface area contributed by atoms with E-state index in [0.717, 1.165) is 37.8 Å². The van der Waals surface area contributed by atoms with Gasteiger partial charge in [0, 0.05) is 24.2 Å². The normalized spacial score (nSPS) is 45.4. The van der Waals surface area contributed by atoms with Gasteiger partial charge in [-0.15, -0.1) is 0 Å². The fourth-order valence-corrected chi connectivity index (χ4v) is 6.16. The Morgan fingerprint density at radius 3 is 2.80 bits per heavy atom. The average Bonchev–Trinajstić information content (AvgIpc) is 2.79. The van der Waals surface area contributed by atoms with Gasteiger partial charge in [-0.1, -0.05) is 37.6 Å². The van der Waals surface area contributed by atoms with Crippen LogP contribution < -0.4 is 5.73 Å². The first-order valence-corrected chi connectivity index (χ1v) is 9.50. The summed E-state index contributed by atoms with van der Waals surface area (Å²) in [4.78, 5) is 11.5. The van der Waals surface area contributed by atoms with Crippen molar-refractivity contribution in [2.24, 2.45) is 34.3 Å². The largest absolute Gasteiger partial charge is 0.429 e. The molecule has 1 fully saturated rings. The molecule has 25 heavy (non-hydrogen) atoms. The van der Waals surface area contributed by atoms with Crippen molar-refractivity contribution in [2.75, 3.05) is 0 Å². The summed E-state index contributed by atoms with van der Waals surface area (Å²) in [5.74, 6) is 1.96. The fourth-order valence-electron chi connectivity index (χ4n) is 6.16. The second-order valence-corrected chi connectivity index (χ2v) is 8.85. The Bertz CT molecular complexity index is 706. The molecule has 4 aliphatic rings. The van der Waals surface area contributed by atoms with Crippen LogP contribution in [0.4, 0.5) is 0 Å². The number of fused-ring (bicyclic) bond motifs is 5. The molecule has 0 heterocycles. The molecule has 4 heteroatoms. The Labute approximate surface area is 149 Å². The Morgan fingerprint density at radius 2 is 2.08 bits per heavy atom. The molecule has 1 saturated carbocycles. The zero-order chi connectivity index (χ0) is 18.0. The van der Waals surface area contributed by atoms with E-state index in [9.17, 15) is 9.90 Å². The van der Waals surface area contributed by atoms with Gasteiger partial charge in [-0.2, -0.15) is 0 Å². The lowest BCUT2D eigenvalue weighted by Crippen LogP contribution is -2.49. The van der Waals surface area contributed by atoms with Crippen molar-refractivity contribution < 1.29 is 14.6 Å². The van der Waals surface area contributed by atoms with Crippen LogP contribution in [0.25, 0.3) is 0 Å². The Balaban J connectivity index is 1.67. The maximum Gasteiger partial charge on any atom is 0.307 e. The summed E-state index contributed by atoms with van der Waals surface area (Å²) in [7, 11) is 0. The first-order valence-electron chi connectivity index (χ1n) is 9.50. The summed E-state index contributed by atoms with van der Waals surface area (Å²) in [6, 6.07) is 0. The molecule has 6 atom stereocenters. The van der Waals surface area contributed by atoms with Crippen molar-refractivity contribution in [3.8, 4) is 0 Å². The molecule has 3 N–H and O–H groups in total. The van der Waals surface area contributed by atoms with Crippen molar-refractivity contribution in [1.29, 1.82) is 0 Å². The third-order valence-corrected chi connectivity index (χ3v) is 7.61. The van der Waals surface area contributed by atoms with Gasteiger partial charge in [0.15, 0.2) is 0 Å². The molecule has 0 aromatic carbocycles. The summed E-state index contributed by atoms with van der Waals surface area (Å²) in [6.07, 6.45) is 11.0. The Hall–Kier alpha value is -1.55. The Morgan fingerprint density at radius 1 is 1.32 bits per heavy atom. The van der Waals surface area contributed by atoms with E-state index in [2.05, 4.69) is 26.0 Å². The number of carbonyl (C=O) groups excluding carboxylic acids is 1.